The highest BCUT2D eigenvalue weighted by molar-refractivity contribution is 6.22. The maximum atomic E-state index is 13.0. The Morgan fingerprint density at radius 3 is 2.47 bits per heavy atom. The molecule has 0 radical (unpaired) electrons. The van der Waals surface area contributed by atoms with Crippen LogP contribution in [0.15, 0.2) is 18.2 Å². The first-order valence-electron chi connectivity index (χ1n) is 10.5. The number of hydrogen-bond acceptors (Lipinski definition) is 5. The van der Waals surface area contributed by atoms with Crippen LogP contribution in [0.2, 0.25) is 0 Å². The number of carbonyl (C=O) groups excluding carboxylic acids is 4. The molecule has 1 aromatic rings. The van der Waals surface area contributed by atoms with Crippen molar-refractivity contribution in [2.24, 2.45) is 0 Å². The van der Waals surface area contributed by atoms with E-state index in [9.17, 15) is 19.2 Å². The lowest BCUT2D eigenvalue weighted by Gasteiger charge is -2.36. The van der Waals surface area contributed by atoms with Crippen LogP contribution in [0.3, 0.4) is 0 Å². The quantitative estimate of drug-likeness (QED) is 0.498. The van der Waals surface area contributed by atoms with Crippen molar-refractivity contribution in [2.45, 2.75) is 51.0 Å². The number of ether oxygens (including phenoxy) is 1. The third-order valence-corrected chi connectivity index (χ3v) is 5.79. The van der Waals surface area contributed by atoms with Gasteiger partial charge >= 0.3 is 0 Å². The molecular weight excluding hydrogens is 386 g/mol. The van der Waals surface area contributed by atoms with E-state index in [0.717, 1.165) is 19.3 Å². The first-order valence-corrected chi connectivity index (χ1v) is 10.5. The highest BCUT2D eigenvalue weighted by Gasteiger charge is 2.41. The van der Waals surface area contributed by atoms with E-state index in [-0.39, 0.29) is 29.5 Å². The molecule has 1 aliphatic carbocycles. The van der Waals surface area contributed by atoms with Gasteiger partial charge in [-0.3, -0.25) is 24.1 Å². The highest BCUT2D eigenvalue weighted by atomic mass is 16.5. The van der Waals surface area contributed by atoms with Gasteiger partial charge < -0.3 is 15.4 Å². The minimum absolute atomic E-state index is 0.171. The van der Waals surface area contributed by atoms with Crippen LogP contribution in [0, 0.1) is 0 Å². The monoisotopic (exact) mass is 415 g/mol. The lowest BCUT2D eigenvalue weighted by atomic mass is 9.80. The minimum Gasteiger partial charge on any atom is -0.385 e. The van der Waals surface area contributed by atoms with Gasteiger partial charge in [0.05, 0.1) is 11.1 Å². The molecule has 0 saturated heterocycles. The Bertz CT molecular complexity index is 845. The Kier molecular flexibility index (Phi) is 6.87. The van der Waals surface area contributed by atoms with Crippen molar-refractivity contribution in [3.05, 3.63) is 34.9 Å². The van der Waals surface area contributed by atoms with Crippen molar-refractivity contribution in [3.63, 3.8) is 0 Å². The second kappa shape index (κ2) is 9.38. The molecule has 8 heteroatoms. The molecule has 1 aromatic carbocycles. The van der Waals surface area contributed by atoms with E-state index in [0.29, 0.717) is 38.0 Å². The normalized spacial score (nSPS) is 17.6. The van der Waals surface area contributed by atoms with E-state index < -0.39 is 17.4 Å². The van der Waals surface area contributed by atoms with Gasteiger partial charge in [0.2, 0.25) is 5.91 Å². The summed E-state index contributed by atoms with van der Waals surface area (Å²) in [5, 5.41) is 5.75. The average molecular weight is 415 g/mol. The maximum absolute atomic E-state index is 13.0. The third-order valence-electron chi connectivity index (χ3n) is 5.79. The van der Waals surface area contributed by atoms with E-state index in [4.69, 9.17) is 4.74 Å². The molecule has 3 rings (SSSR count). The van der Waals surface area contributed by atoms with Gasteiger partial charge in [0.1, 0.15) is 5.54 Å². The van der Waals surface area contributed by atoms with Crippen LogP contribution >= 0.6 is 0 Å². The van der Waals surface area contributed by atoms with Gasteiger partial charge in [-0.15, -0.1) is 0 Å². The summed E-state index contributed by atoms with van der Waals surface area (Å²) in [5.74, 6) is -1.35. The number of nitrogens with one attached hydrogen (secondary N) is 2. The number of hydrogen-bond donors (Lipinski definition) is 2. The Morgan fingerprint density at radius 1 is 1.10 bits per heavy atom. The number of fused-ring (bicyclic) bond motifs is 1. The Hall–Kier alpha value is -2.74. The van der Waals surface area contributed by atoms with Crippen LogP contribution in [0.4, 0.5) is 0 Å². The minimum atomic E-state index is -0.934. The molecule has 0 bridgehead atoms. The summed E-state index contributed by atoms with van der Waals surface area (Å²) in [6.07, 6.45) is 4.48. The zero-order valence-electron chi connectivity index (χ0n) is 17.6. The van der Waals surface area contributed by atoms with Crippen molar-refractivity contribution in [2.75, 3.05) is 26.8 Å². The van der Waals surface area contributed by atoms with E-state index in [2.05, 4.69) is 10.6 Å². The first kappa shape index (κ1) is 22.0. The summed E-state index contributed by atoms with van der Waals surface area (Å²) in [6.45, 7) is 3.05. The topological polar surface area (TPSA) is 105 Å². The fourth-order valence-corrected chi connectivity index (χ4v) is 4.19. The Labute approximate surface area is 176 Å². The van der Waals surface area contributed by atoms with Crippen molar-refractivity contribution < 1.29 is 23.9 Å². The molecular formula is C22H29N3O5. The molecule has 4 amide bonds. The molecule has 1 heterocycles. The summed E-state index contributed by atoms with van der Waals surface area (Å²) in [4.78, 5) is 52.1. The Morgan fingerprint density at radius 2 is 1.80 bits per heavy atom. The molecule has 1 aliphatic heterocycles. The molecule has 0 unspecified atom stereocenters. The van der Waals surface area contributed by atoms with Gasteiger partial charge in [-0.1, -0.05) is 19.3 Å². The number of amides is 4. The zero-order valence-corrected chi connectivity index (χ0v) is 17.6. The zero-order chi connectivity index (χ0) is 21.7. The second-order valence-corrected chi connectivity index (χ2v) is 7.83. The molecule has 2 aliphatic rings. The van der Waals surface area contributed by atoms with Crippen LogP contribution in [-0.2, 0) is 9.53 Å². The second-order valence-electron chi connectivity index (χ2n) is 7.83. The van der Waals surface area contributed by atoms with Crippen LogP contribution in [0.1, 0.15) is 76.5 Å². The number of carbonyl (C=O) groups is 4. The lowest BCUT2D eigenvalue weighted by Crippen LogP contribution is -2.59. The summed E-state index contributed by atoms with van der Waals surface area (Å²) in [7, 11) is 1.56. The van der Waals surface area contributed by atoms with E-state index in [1.54, 1.807) is 7.11 Å². The number of methoxy groups -OCH3 is 1. The van der Waals surface area contributed by atoms with Crippen molar-refractivity contribution in [1.82, 2.24) is 15.5 Å². The molecule has 0 aromatic heterocycles. The molecule has 30 heavy (non-hydrogen) atoms. The van der Waals surface area contributed by atoms with E-state index in [1.165, 1.54) is 23.1 Å². The molecule has 0 atom stereocenters. The lowest BCUT2D eigenvalue weighted by molar-refractivity contribution is -0.128. The number of benzene rings is 1. The highest BCUT2D eigenvalue weighted by Crippen LogP contribution is 2.30. The number of likely N-dealkylation sites (N-methyl/N-ethyl adjacent to an activating group) is 1. The molecule has 8 nitrogen and oxygen atoms in total. The summed E-state index contributed by atoms with van der Waals surface area (Å²) in [6, 6.07) is 4.50. The van der Waals surface area contributed by atoms with Crippen LogP contribution in [0.25, 0.3) is 0 Å². The SMILES string of the molecule is CCNC(=O)C1(NC(=O)c2ccc3c(c2)C(=O)N(CCCOC)C3=O)CCCCC1. The fraction of sp³-hybridized carbons (Fsp3) is 0.545. The van der Waals surface area contributed by atoms with Gasteiger partial charge in [0, 0.05) is 32.4 Å². The fourth-order valence-electron chi connectivity index (χ4n) is 4.19. The summed E-state index contributed by atoms with van der Waals surface area (Å²) < 4.78 is 4.98. The average Bonchev–Trinajstić information content (AvgIpc) is 2.99. The van der Waals surface area contributed by atoms with Gasteiger partial charge in [-0.25, -0.2) is 0 Å². The molecule has 0 spiro atoms. The predicted octanol–water partition coefficient (Wildman–Crippen LogP) is 1.89. The molecule has 162 valence electrons. The van der Waals surface area contributed by atoms with Crippen LogP contribution in [0.5, 0.6) is 0 Å². The molecule has 1 saturated carbocycles. The molecule has 1 fully saturated rings. The van der Waals surface area contributed by atoms with Gasteiger partial charge in [-0.05, 0) is 44.4 Å². The third kappa shape index (κ3) is 4.23. The first-order chi connectivity index (χ1) is 14.4. The van der Waals surface area contributed by atoms with Crippen molar-refractivity contribution >= 4 is 23.6 Å². The number of nitrogens with zero attached hydrogens (tertiary/aromatic N) is 1. The van der Waals surface area contributed by atoms with E-state index >= 15 is 0 Å². The van der Waals surface area contributed by atoms with Crippen LogP contribution in [-0.4, -0.2) is 60.9 Å². The predicted molar refractivity (Wildman–Crippen MR) is 110 cm³/mol. The number of rotatable bonds is 8. The van der Waals surface area contributed by atoms with Crippen molar-refractivity contribution in [3.8, 4) is 0 Å². The van der Waals surface area contributed by atoms with Crippen LogP contribution < -0.4 is 10.6 Å². The van der Waals surface area contributed by atoms with Gasteiger partial charge in [0.15, 0.2) is 0 Å². The van der Waals surface area contributed by atoms with E-state index in [1.807, 2.05) is 6.92 Å². The standard InChI is InChI=1S/C22H29N3O5/c1-3-23-21(29)22(10-5-4-6-11-22)24-18(26)15-8-9-16-17(14-15)20(28)25(19(16)27)12-7-13-30-2/h8-9,14H,3-7,10-13H2,1-2H3,(H,23,29)(H,24,26). The van der Waals surface area contributed by atoms with Gasteiger partial charge in [-0.2, -0.15) is 0 Å². The number of imide groups is 1. The summed E-state index contributed by atoms with van der Waals surface area (Å²) >= 11 is 0. The molecule has 2 N–H and O–H groups in total. The largest absolute Gasteiger partial charge is 0.385 e. The Balaban J connectivity index is 1.79. The van der Waals surface area contributed by atoms with Gasteiger partial charge in [0.25, 0.3) is 17.7 Å². The maximum Gasteiger partial charge on any atom is 0.261 e. The summed E-state index contributed by atoms with van der Waals surface area (Å²) in [5.41, 5.74) is -0.148. The van der Waals surface area contributed by atoms with Crippen molar-refractivity contribution in [1.29, 1.82) is 0 Å². The smallest absolute Gasteiger partial charge is 0.261 e.